The van der Waals surface area contributed by atoms with Crippen molar-refractivity contribution in [2.45, 2.75) is 19.9 Å². The van der Waals surface area contributed by atoms with E-state index in [1.807, 2.05) is 13.8 Å². The second-order valence-corrected chi connectivity index (χ2v) is 4.77. The van der Waals surface area contributed by atoms with E-state index in [1.165, 1.54) is 12.1 Å². The van der Waals surface area contributed by atoms with Gasteiger partial charge in [-0.05, 0) is 49.2 Å². The summed E-state index contributed by atoms with van der Waals surface area (Å²) in [7, 11) is 0. The van der Waals surface area contributed by atoms with E-state index in [0.717, 1.165) is 11.1 Å². The molecule has 2 aromatic rings. The Hall–Kier alpha value is -2.36. The summed E-state index contributed by atoms with van der Waals surface area (Å²) in [6, 6.07) is 11.1. The first-order chi connectivity index (χ1) is 9.49. The molecule has 0 heterocycles. The highest BCUT2D eigenvalue weighted by Gasteiger charge is 2.14. The molecule has 0 saturated carbocycles. The second kappa shape index (κ2) is 5.74. The number of carbonyl (C=O) groups is 1. The first kappa shape index (κ1) is 14.1. The maximum atomic E-state index is 12.9. The largest absolute Gasteiger partial charge is 0.398 e. The topological polar surface area (TPSA) is 55.1 Å². The SMILES string of the molecule is Cc1c(N)cccc1C(=O)N[C@@H](C)c1ccc(F)cc1. The van der Waals surface area contributed by atoms with Crippen LogP contribution in [0, 0.1) is 12.7 Å². The Bertz CT molecular complexity index is 623. The zero-order valence-electron chi connectivity index (χ0n) is 11.5. The van der Waals surface area contributed by atoms with Crippen LogP contribution in [0.2, 0.25) is 0 Å². The van der Waals surface area contributed by atoms with E-state index < -0.39 is 0 Å². The van der Waals surface area contributed by atoms with Gasteiger partial charge >= 0.3 is 0 Å². The number of amides is 1. The maximum Gasteiger partial charge on any atom is 0.252 e. The Balaban J connectivity index is 2.15. The number of nitrogens with two attached hydrogens (primary N) is 1. The fraction of sp³-hybridized carbons (Fsp3) is 0.188. The van der Waals surface area contributed by atoms with E-state index in [4.69, 9.17) is 5.73 Å². The summed E-state index contributed by atoms with van der Waals surface area (Å²) < 4.78 is 12.9. The minimum Gasteiger partial charge on any atom is -0.398 e. The molecule has 0 unspecified atom stereocenters. The van der Waals surface area contributed by atoms with Crippen molar-refractivity contribution in [3.05, 3.63) is 65.0 Å². The molecule has 1 atom stereocenters. The predicted molar refractivity (Wildman–Crippen MR) is 77.9 cm³/mol. The van der Waals surface area contributed by atoms with E-state index in [9.17, 15) is 9.18 Å². The van der Waals surface area contributed by atoms with Gasteiger partial charge in [-0.15, -0.1) is 0 Å². The van der Waals surface area contributed by atoms with Gasteiger partial charge in [0, 0.05) is 11.3 Å². The molecular weight excluding hydrogens is 255 g/mol. The van der Waals surface area contributed by atoms with Crippen LogP contribution >= 0.6 is 0 Å². The van der Waals surface area contributed by atoms with Gasteiger partial charge in [-0.3, -0.25) is 4.79 Å². The molecule has 0 bridgehead atoms. The highest BCUT2D eigenvalue weighted by atomic mass is 19.1. The number of benzene rings is 2. The molecule has 2 rings (SSSR count). The van der Waals surface area contributed by atoms with Crippen LogP contribution in [0.3, 0.4) is 0 Å². The maximum absolute atomic E-state index is 12.9. The van der Waals surface area contributed by atoms with Crippen LogP contribution < -0.4 is 11.1 Å². The minimum atomic E-state index is -0.293. The number of nitrogens with one attached hydrogen (secondary N) is 1. The quantitative estimate of drug-likeness (QED) is 0.843. The summed E-state index contributed by atoms with van der Waals surface area (Å²) in [5.74, 6) is -0.481. The van der Waals surface area contributed by atoms with Crippen LogP contribution in [-0.4, -0.2) is 5.91 Å². The number of halogens is 1. The Kier molecular flexibility index (Phi) is 4.03. The van der Waals surface area contributed by atoms with Crippen molar-refractivity contribution < 1.29 is 9.18 Å². The van der Waals surface area contributed by atoms with Crippen LogP contribution in [0.1, 0.15) is 34.5 Å². The molecule has 0 spiro atoms. The van der Waals surface area contributed by atoms with Crippen molar-refractivity contribution in [1.82, 2.24) is 5.32 Å². The third kappa shape index (κ3) is 2.96. The molecule has 0 aliphatic carbocycles. The van der Waals surface area contributed by atoms with Crippen LogP contribution in [0.4, 0.5) is 10.1 Å². The summed E-state index contributed by atoms with van der Waals surface area (Å²) in [6.07, 6.45) is 0. The lowest BCUT2D eigenvalue weighted by molar-refractivity contribution is 0.0939. The number of nitrogen functional groups attached to an aromatic ring is 1. The molecule has 0 radical (unpaired) electrons. The summed E-state index contributed by atoms with van der Waals surface area (Å²) in [4.78, 5) is 12.2. The van der Waals surface area contributed by atoms with Crippen molar-refractivity contribution in [3.63, 3.8) is 0 Å². The van der Waals surface area contributed by atoms with Gasteiger partial charge in [-0.1, -0.05) is 18.2 Å². The van der Waals surface area contributed by atoms with Gasteiger partial charge in [0.2, 0.25) is 0 Å². The van der Waals surface area contributed by atoms with Gasteiger partial charge < -0.3 is 11.1 Å². The Morgan fingerprint density at radius 1 is 1.20 bits per heavy atom. The van der Waals surface area contributed by atoms with Gasteiger partial charge in [0.1, 0.15) is 5.82 Å². The molecule has 3 N–H and O–H groups in total. The average molecular weight is 272 g/mol. The fourth-order valence-corrected chi connectivity index (χ4v) is 2.01. The molecule has 0 aromatic heterocycles. The van der Waals surface area contributed by atoms with E-state index in [0.29, 0.717) is 11.3 Å². The minimum absolute atomic E-state index is 0.188. The predicted octanol–water partition coefficient (Wildman–Crippen LogP) is 3.21. The van der Waals surface area contributed by atoms with E-state index in [1.54, 1.807) is 30.3 Å². The van der Waals surface area contributed by atoms with Crippen LogP contribution in [0.15, 0.2) is 42.5 Å². The lowest BCUT2D eigenvalue weighted by atomic mass is 10.0. The molecule has 0 aliphatic heterocycles. The van der Waals surface area contributed by atoms with Crippen molar-refractivity contribution in [2.24, 2.45) is 0 Å². The molecule has 0 saturated heterocycles. The molecule has 104 valence electrons. The standard InChI is InChI=1S/C16H17FN2O/c1-10-14(4-3-5-15(10)18)16(20)19-11(2)12-6-8-13(17)9-7-12/h3-9,11H,18H2,1-2H3,(H,19,20)/t11-/m0/s1. The summed E-state index contributed by atoms with van der Waals surface area (Å²) in [5, 5.41) is 2.88. The Morgan fingerprint density at radius 3 is 2.50 bits per heavy atom. The molecule has 4 heteroatoms. The van der Waals surface area contributed by atoms with Crippen LogP contribution in [-0.2, 0) is 0 Å². The summed E-state index contributed by atoms with van der Waals surface area (Å²) >= 11 is 0. The summed E-state index contributed by atoms with van der Waals surface area (Å²) in [5.41, 5.74) is 8.55. The molecular formula is C16H17FN2O. The number of hydrogen-bond acceptors (Lipinski definition) is 2. The van der Waals surface area contributed by atoms with E-state index in [-0.39, 0.29) is 17.8 Å². The van der Waals surface area contributed by atoms with Crippen LogP contribution in [0.25, 0.3) is 0 Å². The van der Waals surface area contributed by atoms with Crippen molar-refractivity contribution in [3.8, 4) is 0 Å². The number of carbonyl (C=O) groups excluding carboxylic acids is 1. The first-order valence-electron chi connectivity index (χ1n) is 6.40. The molecule has 0 fully saturated rings. The number of rotatable bonds is 3. The second-order valence-electron chi connectivity index (χ2n) is 4.77. The molecule has 2 aromatic carbocycles. The average Bonchev–Trinajstić information content (AvgIpc) is 2.42. The highest BCUT2D eigenvalue weighted by molar-refractivity contribution is 5.97. The lowest BCUT2D eigenvalue weighted by Gasteiger charge is -2.16. The lowest BCUT2D eigenvalue weighted by Crippen LogP contribution is -2.27. The van der Waals surface area contributed by atoms with Gasteiger partial charge in [0.05, 0.1) is 6.04 Å². The van der Waals surface area contributed by atoms with Gasteiger partial charge in [-0.2, -0.15) is 0 Å². The number of anilines is 1. The fourth-order valence-electron chi connectivity index (χ4n) is 2.01. The van der Waals surface area contributed by atoms with Crippen LogP contribution in [0.5, 0.6) is 0 Å². The van der Waals surface area contributed by atoms with Crippen molar-refractivity contribution >= 4 is 11.6 Å². The molecule has 3 nitrogen and oxygen atoms in total. The Labute approximate surface area is 117 Å². The normalized spacial score (nSPS) is 11.9. The van der Waals surface area contributed by atoms with Crippen molar-refractivity contribution in [1.29, 1.82) is 0 Å². The molecule has 1 amide bonds. The highest BCUT2D eigenvalue weighted by Crippen LogP contribution is 2.18. The molecule has 0 aliphatic rings. The smallest absolute Gasteiger partial charge is 0.252 e. The van der Waals surface area contributed by atoms with Crippen molar-refractivity contribution in [2.75, 3.05) is 5.73 Å². The monoisotopic (exact) mass is 272 g/mol. The number of hydrogen-bond donors (Lipinski definition) is 2. The Morgan fingerprint density at radius 2 is 1.85 bits per heavy atom. The first-order valence-corrected chi connectivity index (χ1v) is 6.40. The van der Waals surface area contributed by atoms with Gasteiger partial charge in [-0.25, -0.2) is 4.39 Å². The third-order valence-electron chi connectivity index (χ3n) is 3.34. The zero-order valence-corrected chi connectivity index (χ0v) is 11.5. The summed E-state index contributed by atoms with van der Waals surface area (Å²) in [6.45, 7) is 3.67. The van der Waals surface area contributed by atoms with Gasteiger partial charge in [0.25, 0.3) is 5.91 Å². The van der Waals surface area contributed by atoms with E-state index in [2.05, 4.69) is 5.32 Å². The third-order valence-corrected chi connectivity index (χ3v) is 3.34. The molecule has 20 heavy (non-hydrogen) atoms. The van der Waals surface area contributed by atoms with E-state index >= 15 is 0 Å². The van der Waals surface area contributed by atoms with Gasteiger partial charge in [0.15, 0.2) is 0 Å². The zero-order chi connectivity index (χ0) is 14.7.